The predicted molar refractivity (Wildman–Crippen MR) is 77.2 cm³/mol. The van der Waals surface area contributed by atoms with Gasteiger partial charge in [-0.15, -0.1) is 5.10 Å². The Morgan fingerprint density at radius 3 is 2.76 bits per heavy atom. The van der Waals surface area contributed by atoms with Crippen LogP contribution >= 0.6 is 0 Å². The van der Waals surface area contributed by atoms with Crippen molar-refractivity contribution < 1.29 is 4.79 Å². The fourth-order valence-corrected chi connectivity index (χ4v) is 1.86. The average Bonchev–Trinajstić information content (AvgIpc) is 2.85. The fourth-order valence-electron chi connectivity index (χ4n) is 1.86. The summed E-state index contributed by atoms with van der Waals surface area (Å²) in [5, 5.41) is 6.52. The Morgan fingerprint density at radius 1 is 1.33 bits per heavy atom. The number of carbonyl (C=O) groups excluding carboxylic acids is 1. The molecule has 0 bridgehead atoms. The van der Waals surface area contributed by atoms with Crippen molar-refractivity contribution in [1.29, 1.82) is 0 Å². The number of rotatable bonds is 2. The molecule has 2 heterocycles. The van der Waals surface area contributed by atoms with Crippen molar-refractivity contribution in [2.24, 2.45) is 0 Å². The molecule has 0 saturated carbocycles. The van der Waals surface area contributed by atoms with E-state index in [1.807, 2.05) is 0 Å². The minimum Gasteiger partial charge on any atom is -0.399 e. The summed E-state index contributed by atoms with van der Waals surface area (Å²) in [7, 11) is 0. The molecule has 1 amide bonds. The summed E-state index contributed by atoms with van der Waals surface area (Å²) < 4.78 is 1.05. The highest BCUT2D eigenvalue weighted by atomic mass is 16.2. The third-order valence-electron chi connectivity index (χ3n) is 2.84. The second-order valence-corrected chi connectivity index (χ2v) is 4.54. The lowest BCUT2D eigenvalue weighted by molar-refractivity contribution is 0.101. The number of aromatic amines is 1. The summed E-state index contributed by atoms with van der Waals surface area (Å²) in [6, 6.07) is 8.04. The molecule has 0 spiro atoms. The van der Waals surface area contributed by atoms with Crippen molar-refractivity contribution in [2.75, 3.05) is 11.1 Å². The van der Waals surface area contributed by atoms with Gasteiger partial charge < -0.3 is 16.0 Å². The van der Waals surface area contributed by atoms with Crippen LogP contribution in [-0.2, 0) is 0 Å². The quantitative estimate of drug-likeness (QED) is 0.594. The number of H-pyrrole nitrogens is 1. The van der Waals surface area contributed by atoms with Crippen LogP contribution in [0.15, 0.2) is 35.1 Å². The van der Waals surface area contributed by atoms with Crippen LogP contribution in [0.4, 0.5) is 11.4 Å². The molecule has 0 aliphatic rings. The molecule has 106 valence electrons. The highest BCUT2D eigenvalue weighted by Gasteiger charge is 2.14. The van der Waals surface area contributed by atoms with Crippen molar-refractivity contribution in [1.82, 2.24) is 19.6 Å². The molecule has 21 heavy (non-hydrogen) atoms. The average molecular weight is 284 g/mol. The summed E-state index contributed by atoms with van der Waals surface area (Å²) in [5.41, 5.74) is 7.03. The van der Waals surface area contributed by atoms with E-state index in [2.05, 4.69) is 20.4 Å². The number of nitrogens with one attached hydrogen (secondary N) is 2. The Kier molecular flexibility index (Phi) is 2.90. The van der Waals surface area contributed by atoms with Gasteiger partial charge in [-0.2, -0.15) is 9.50 Å². The molecule has 0 aliphatic carbocycles. The van der Waals surface area contributed by atoms with E-state index in [-0.39, 0.29) is 17.2 Å². The SMILES string of the molecule is Cc1cc(=O)n2nc(C(=O)Nc3ccc(N)cc3)nc2[nH]1. The molecule has 0 fully saturated rings. The summed E-state index contributed by atoms with van der Waals surface area (Å²) >= 11 is 0. The van der Waals surface area contributed by atoms with Gasteiger partial charge in [0.2, 0.25) is 11.6 Å². The summed E-state index contributed by atoms with van der Waals surface area (Å²) in [4.78, 5) is 30.7. The number of fused-ring (bicyclic) bond motifs is 1. The zero-order valence-electron chi connectivity index (χ0n) is 11.1. The van der Waals surface area contributed by atoms with Crippen molar-refractivity contribution in [3.8, 4) is 0 Å². The number of anilines is 2. The van der Waals surface area contributed by atoms with Crippen LogP contribution in [0.2, 0.25) is 0 Å². The van der Waals surface area contributed by atoms with E-state index >= 15 is 0 Å². The number of aryl methyl sites for hydroxylation is 1. The van der Waals surface area contributed by atoms with Crippen LogP contribution < -0.4 is 16.6 Å². The number of carbonyl (C=O) groups is 1. The van der Waals surface area contributed by atoms with E-state index in [0.29, 0.717) is 17.1 Å². The lowest BCUT2D eigenvalue weighted by atomic mass is 10.3. The standard InChI is InChI=1S/C13H12N6O2/c1-7-6-10(20)19-13(15-7)17-11(18-19)12(21)16-9-4-2-8(14)3-5-9/h2-6H,14H2,1H3,(H,16,21)(H,15,17,18). The number of nitrogens with zero attached hydrogens (tertiary/aromatic N) is 3. The summed E-state index contributed by atoms with van der Waals surface area (Å²) in [5.74, 6) is -0.373. The number of nitrogens with two attached hydrogens (primary N) is 1. The Balaban J connectivity index is 1.93. The molecule has 3 rings (SSSR count). The van der Waals surface area contributed by atoms with Crippen LogP contribution in [0.5, 0.6) is 0 Å². The van der Waals surface area contributed by atoms with Crippen LogP contribution in [0.3, 0.4) is 0 Å². The number of aromatic nitrogens is 4. The van der Waals surface area contributed by atoms with Crippen molar-refractivity contribution in [2.45, 2.75) is 6.92 Å². The minimum atomic E-state index is -0.506. The third kappa shape index (κ3) is 2.46. The van der Waals surface area contributed by atoms with Gasteiger partial charge in [-0.1, -0.05) is 0 Å². The maximum absolute atomic E-state index is 12.1. The van der Waals surface area contributed by atoms with Gasteiger partial charge in [-0.3, -0.25) is 9.59 Å². The van der Waals surface area contributed by atoms with Crippen LogP contribution in [-0.4, -0.2) is 25.5 Å². The Bertz CT molecular complexity index is 878. The van der Waals surface area contributed by atoms with Gasteiger partial charge in [-0.25, -0.2) is 0 Å². The van der Waals surface area contributed by atoms with Gasteiger partial charge in [0.1, 0.15) is 0 Å². The summed E-state index contributed by atoms with van der Waals surface area (Å²) in [6.45, 7) is 1.73. The Morgan fingerprint density at radius 2 is 2.05 bits per heavy atom. The molecule has 0 aliphatic heterocycles. The molecular formula is C13H12N6O2. The minimum absolute atomic E-state index is 0.0919. The number of hydrogen-bond donors (Lipinski definition) is 3. The lowest BCUT2D eigenvalue weighted by Crippen LogP contribution is -2.16. The normalized spacial score (nSPS) is 10.7. The molecule has 8 nitrogen and oxygen atoms in total. The second kappa shape index (κ2) is 4.75. The molecule has 0 saturated heterocycles. The molecule has 0 atom stereocenters. The van der Waals surface area contributed by atoms with Crippen LogP contribution in [0.25, 0.3) is 5.78 Å². The van der Waals surface area contributed by atoms with Crippen LogP contribution in [0, 0.1) is 6.92 Å². The van der Waals surface area contributed by atoms with E-state index in [1.165, 1.54) is 6.07 Å². The molecule has 4 N–H and O–H groups in total. The van der Waals surface area contributed by atoms with Gasteiger partial charge in [0.15, 0.2) is 0 Å². The monoisotopic (exact) mass is 284 g/mol. The highest BCUT2D eigenvalue weighted by molar-refractivity contribution is 6.01. The second-order valence-electron chi connectivity index (χ2n) is 4.54. The molecule has 0 radical (unpaired) electrons. The molecule has 8 heteroatoms. The van der Waals surface area contributed by atoms with Gasteiger partial charge in [0, 0.05) is 23.1 Å². The lowest BCUT2D eigenvalue weighted by Gasteiger charge is -2.02. The first-order valence-electron chi connectivity index (χ1n) is 6.16. The highest BCUT2D eigenvalue weighted by Crippen LogP contribution is 2.11. The fraction of sp³-hybridized carbons (Fsp3) is 0.0769. The Labute approximate surface area is 118 Å². The molecule has 2 aromatic heterocycles. The largest absolute Gasteiger partial charge is 0.399 e. The van der Waals surface area contributed by atoms with E-state index in [0.717, 1.165) is 4.52 Å². The summed E-state index contributed by atoms with van der Waals surface area (Å²) in [6.07, 6.45) is 0. The van der Waals surface area contributed by atoms with Gasteiger partial charge in [0.25, 0.3) is 11.5 Å². The first-order chi connectivity index (χ1) is 10.0. The third-order valence-corrected chi connectivity index (χ3v) is 2.84. The van der Waals surface area contributed by atoms with E-state index < -0.39 is 5.91 Å². The first kappa shape index (κ1) is 12.9. The smallest absolute Gasteiger partial charge is 0.295 e. The zero-order valence-corrected chi connectivity index (χ0v) is 11.1. The zero-order chi connectivity index (χ0) is 15.0. The molecule has 3 aromatic rings. The molecular weight excluding hydrogens is 272 g/mol. The number of hydrogen-bond acceptors (Lipinski definition) is 5. The van der Waals surface area contributed by atoms with Crippen molar-refractivity contribution in [3.63, 3.8) is 0 Å². The van der Waals surface area contributed by atoms with E-state index in [1.54, 1.807) is 31.2 Å². The van der Waals surface area contributed by atoms with Gasteiger partial charge in [0.05, 0.1) is 0 Å². The maximum atomic E-state index is 12.1. The number of nitrogen functional groups attached to an aromatic ring is 1. The topological polar surface area (TPSA) is 118 Å². The van der Waals surface area contributed by atoms with Crippen molar-refractivity contribution >= 4 is 23.1 Å². The molecule has 1 aromatic carbocycles. The maximum Gasteiger partial charge on any atom is 0.295 e. The van der Waals surface area contributed by atoms with E-state index in [4.69, 9.17) is 5.73 Å². The van der Waals surface area contributed by atoms with Gasteiger partial charge in [-0.05, 0) is 31.2 Å². The predicted octanol–water partition coefficient (Wildman–Crippen LogP) is 0.561. The number of amides is 1. The van der Waals surface area contributed by atoms with E-state index in [9.17, 15) is 9.59 Å². The van der Waals surface area contributed by atoms with Crippen LogP contribution in [0.1, 0.15) is 16.3 Å². The Hall–Kier alpha value is -3.16. The first-order valence-corrected chi connectivity index (χ1v) is 6.16. The van der Waals surface area contributed by atoms with Crippen molar-refractivity contribution in [3.05, 3.63) is 52.2 Å². The number of benzene rings is 1. The van der Waals surface area contributed by atoms with Gasteiger partial charge >= 0.3 is 0 Å². The molecule has 0 unspecified atom stereocenters.